The zero-order valence-corrected chi connectivity index (χ0v) is 13.6. The van der Waals surface area contributed by atoms with E-state index in [9.17, 15) is 0 Å². The van der Waals surface area contributed by atoms with E-state index in [0.29, 0.717) is 5.41 Å². The summed E-state index contributed by atoms with van der Waals surface area (Å²) in [6, 6.07) is 0. The molecule has 0 bridgehead atoms. The first-order valence-electron chi connectivity index (χ1n) is 7.26. The Hall–Kier alpha value is -0.450. The molecule has 0 amide bonds. The number of nitrogens with zero attached hydrogens (tertiary/aromatic N) is 3. The van der Waals surface area contributed by atoms with Gasteiger partial charge in [0.1, 0.15) is 0 Å². The highest BCUT2D eigenvalue weighted by Crippen LogP contribution is 2.22. The average Bonchev–Trinajstić information content (AvgIpc) is 2.88. The van der Waals surface area contributed by atoms with Gasteiger partial charge in [-0.25, -0.2) is 4.98 Å². The van der Waals surface area contributed by atoms with Crippen LogP contribution in [-0.4, -0.2) is 48.0 Å². The molecule has 0 aromatic carbocycles. The van der Waals surface area contributed by atoms with Crippen molar-refractivity contribution in [3.63, 3.8) is 0 Å². The van der Waals surface area contributed by atoms with Crippen molar-refractivity contribution in [1.82, 2.24) is 14.8 Å². The summed E-state index contributed by atoms with van der Waals surface area (Å²) in [5, 5.41) is 3.35. The molecule has 0 saturated carbocycles. The van der Waals surface area contributed by atoms with Gasteiger partial charge in [0.25, 0.3) is 0 Å². The van der Waals surface area contributed by atoms with Crippen molar-refractivity contribution in [2.75, 3.05) is 33.2 Å². The first-order valence-corrected chi connectivity index (χ1v) is 8.14. The van der Waals surface area contributed by atoms with Crippen molar-refractivity contribution in [3.8, 4) is 0 Å². The van der Waals surface area contributed by atoms with Crippen molar-refractivity contribution >= 4 is 11.3 Å². The lowest BCUT2D eigenvalue weighted by atomic mass is 9.92. The lowest BCUT2D eigenvalue weighted by Crippen LogP contribution is -2.40. The maximum absolute atomic E-state index is 4.55. The third-order valence-electron chi connectivity index (χ3n) is 3.65. The molecule has 0 atom stereocenters. The summed E-state index contributed by atoms with van der Waals surface area (Å²) >= 11 is 1.74. The van der Waals surface area contributed by atoms with Crippen LogP contribution in [0.3, 0.4) is 0 Å². The van der Waals surface area contributed by atoms with Gasteiger partial charge in [0.05, 0.1) is 10.7 Å². The van der Waals surface area contributed by atoms with Crippen molar-refractivity contribution in [3.05, 3.63) is 16.1 Å². The number of aromatic nitrogens is 1. The van der Waals surface area contributed by atoms with E-state index in [2.05, 4.69) is 48.0 Å². The van der Waals surface area contributed by atoms with Crippen LogP contribution in [0.2, 0.25) is 0 Å². The fourth-order valence-corrected chi connectivity index (χ4v) is 3.74. The Morgan fingerprint density at radius 3 is 2.63 bits per heavy atom. The molecule has 3 nitrogen and oxygen atoms in total. The van der Waals surface area contributed by atoms with E-state index in [1.54, 1.807) is 11.3 Å². The SMILES string of the molecule is Cc1nc(CN(C)CC(C)(C)CN2CCCC2)cs1. The molecule has 108 valence electrons. The second-order valence-electron chi connectivity index (χ2n) is 6.68. The van der Waals surface area contributed by atoms with Gasteiger partial charge in [-0.15, -0.1) is 11.3 Å². The molecule has 4 heteroatoms. The number of thiazole rings is 1. The summed E-state index contributed by atoms with van der Waals surface area (Å²) in [5.41, 5.74) is 1.56. The first kappa shape index (κ1) is 14.9. The zero-order chi connectivity index (χ0) is 13.9. The molecule has 0 aliphatic carbocycles. The second-order valence-corrected chi connectivity index (χ2v) is 7.74. The highest BCUT2D eigenvalue weighted by atomic mass is 32.1. The Bertz CT molecular complexity index is 394. The van der Waals surface area contributed by atoms with Gasteiger partial charge in [0.2, 0.25) is 0 Å². The smallest absolute Gasteiger partial charge is 0.0897 e. The molecule has 1 aliphatic rings. The molecule has 0 spiro atoms. The molecule has 2 heterocycles. The molecule has 1 aromatic rings. The number of rotatable bonds is 6. The van der Waals surface area contributed by atoms with E-state index in [-0.39, 0.29) is 0 Å². The third kappa shape index (κ3) is 4.86. The molecule has 0 unspecified atom stereocenters. The first-order chi connectivity index (χ1) is 8.94. The summed E-state index contributed by atoms with van der Waals surface area (Å²) in [7, 11) is 2.21. The highest BCUT2D eigenvalue weighted by molar-refractivity contribution is 7.09. The van der Waals surface area contributed by atoms with E-state index in [0.717, 1.165) is 13.1 Å². The van der Waals surface area contributed by atoms with E-state index in [1.807, 2.05) is 0 Å². The topological polar surface area (TPSA) is 19.4 Å². The molecule has 1 aromatic heterocycles. The fourth-order valence-electron chi connectivity index (χ4n) is 3.14. The van der Waals surface area contributed by atoms with Crippen molar-refractivity contribution < 1.29 is 0 Å². The number of hydrogen-bond donors (Lipinski definition) is 0. The van der Waals surface area contributed by atoms with Crippen molar-refractivity contribution in [2.45, 2.75) is 40.2 Å². The van der Waals surface area contributed by atoms with E-state index in [4.69, 9.17) is 0 Å². The largest absolute Gasteiger partial charge is 0.303 e. The Morgan fingerprint density at radius 2 is 2.05 bits per heavy atom. The summed E-state index contributed by atoms with van der Waals surface area (Å²) in [5.74, 6) is 0. The molecular weight excluding hydrogens is 254 g/mol. The summed E-state index contributed by atoms with van der Waals surface area (Å²) < 4.78 is 0. The Morgan fingerprint density at radius 1 is 1.37 bits per heavy atom. The standard InChI is InChI=1S/C15H27N3S/c1-13-16-14(10-19-13)9-17(4)11-15(2,3)12-18-7-5-6-8-18/h10H,5-9,11-12H2,1-4H3. The lowest BCUT2D eigenvalue weighted by molar-refractivity contribution is 0.145. The maximum atomic E-state index is 4.55. The van der Waals surface area contributed by atoms with Crippen LogP contribution in [0.25, 0.3) is 0 Å². The zero-order valence-electron chi connectivity index (χ0n) is 12.8. The molecule has 1 aliphatic heterocycles. The van der Waals surface area contributed by atoms with Crippen LogP contribution in [0.15, 0.2) is 5.38 Å². The van der Waals surface area contributed by atoms with E-state index in [1.165, 1.54) is 43.2 Å². The number of hydrogen-bond acceptors (Lipinski definition) is 4. The van der Waals surface area contributed by atoms with Crippen molar-refractivity contribution in [1.29, 1.82) is 0 Å². The Labute approximate surface area is 121 Å². The van der Waals surface area contributed by atoms with Gasteiger partial charge >= 0.3 is 0 Å². The van der Waals surface area contributed by atoms with Gasteiger partial charge in [-0.1, -0.05) is 13.8 Å². The lowest BCUT2D eigenvalue weighted by Gasteiger charge is -2.33. The van der Waals surface area contributed by atoms with Crippen LogP contribution in [0.5, 0.6) is 0 Å². The van der Waals surface area contributed by atoms with Crippen LogP contribution >= 0.6 is 11.3 Å². The van der Waals surface area contributed by atoms with Gasteiger partial charge in [-0.05, 0) is 45.3 Å². The van der Waals surface area contributed by atoms with Crippen LogP contribution in [0.4, 0.5) is 0 Å². The van der Waals surface area contributed by atoms with Crippen LogP contribution in [0.1, 0.15) is 37.4 Å². The van der Waals surface area contributed by atoms with Crippen LogP contribution in [0, 0.1) is 12.3 Å². The number of likely N-dealkylation sites (tertiary alicyclic amines) is 1. The van der Waals surface area contributed by atoms with E-state index < -0.39 is 0 Å². The fraction of sp³-hybridized carbons (Fsp3) is 0.800. The molecule has 2 rings (SSSR count). The van der Waals surface area contributed by atoms with Gasteiger partial charge in [-0.3, -0.25) is 4.90 Å². The monoisotopic (exact) mass is 281 g/mol. The summed E-state index contributed by atoms with van der Waals surface area (Å²) in [6.07, 6.45) is 2.76. The summed E-state index contributed by atoms with van der Waals surface area (Å²) in [4.78, 5) is 9.57. The minimum atomic E-state index is 0.351. The van der Waals surface area contributed by atoms with Gasteiger partial charge in [0.15, 0.2) is 0 Å². The summed E-state index contributed by atoms with van der Waals surface area (Å²) in [6.45, 7) is 12.7. The second kappa shape index (κ2) is 6.33. The molecule has 0 N–H and O–H groups in total. The number of aryl methyl sites for hydroxylation is 1. The maximum Gasteiger partial charge on any atom is 0.0897 e. The van der Waals surface area contributed by atoms with Crippen molar-refractivity contribution in [2.24, 2.45) is 5.41 Å². The minimum absolute atomic E-state index is 0.351. The van der Waals surface area contributed by atoms with Gasteiger partial charge in [-0.2, -0.15) is 0 Å². The van der Waals surface area contributed by atoms with E-state index >= 15 is 0 Å². The quantitative estimate of drug-likeness (QED) is 0.799. The highest BCUT2D eigenvalue weighted by Gasteiger charge is 2.25. The van der Waals surface area contributed by atoms with Gasteiger partial charge < -0.3 is 4.90 Å². The normalized spacial score (nSPS) is 17.5. The Kier molecular flexibility index (Phi) is 4.98. The molecular formula is C15H27N3S. The predicted molar refractivity (Wildman–Crippen MR) is 82.6 cm³/mol. The molecule has 0 radical (unpaired) electrons. The molecule has 1 fully saturated rings. The molecule has 19 heavy (non-hydrogen) atoms. The van der Waals surface area contributed by atoms with Crippen LogP contribution < -0.4 is 0 Å². The predicted octanol–water partition coefficient (Wildman–Crippen LogP) is 3.01. The Balaban J connectivity index is 1.80. The third-order valence-corrected chi connectivity index (χ3v) is 4.47. The average molecular weight is 281 g/mol. The van der Waals surface area contributed by atoms with Gasteiger partial charge in [0, 0.05) is 25.0 Å². The molecule has 1 saturated heterocycles. The van der Waals surface area contributed by atoms with Crippen LogP contribution in [-0.2, 0) is 6.54 Å². The minimum Gasteiger partial charge on any atom is -0.303 e.